The molecule has 0 unspecified atom stereocenters. The molecule has 0 saturated carbocycles. The minimum atomic E-state index is -1.10. The lowest BCUT2D eigenvalue weighted by atomic mass is 10.0. The second kappa shape index (κ2) is 5.45. The highest BCUT2D eigenvalue weighted by Crippen LogP contribution is 2.20. The Morgan fingerprint density at radius 3 is 2.42 bits per heavy atom. The number of rotatable bonds is 3. The van der Waals surface area contributed by atoms with Crippen molar-refractivity contribution >= 4 is 17.4 Å². The van der Waals surface area contributed by atoms with Crippen LogP contribution in [0.25, 0.3) is 0 Å². The van der Waals surface area contributed by atoms with Crippen molar-refractivity contribution in [3.8, 4) is 0 Å². The van der Waals surface area contributed by atoms with Gasteiger partial charge in [0, 0.05) is 6.42 Å². The van der Waals surface area contributed by atoms with Gasteiger partial charge in [0.1, 0.15) is 0 Å². The van der Waals surface area contributed by atoms with Crippen molar-refractivity contribution in [3.63, 3.8) is 0 Å². The molecule has 2 rings (SSSR count). The molecule has 0 aliphatic rings. The average molecular weight is 285 g/mol. The van der Waals surface area contributed by atoms with Crippen LogP contribution in [0.15, 0.2) is 36.4 Å². The lowest BCUT2D eigenvalue weighted by molar-refractivity contribution is 0.0988. The summed E-state index contributed by atoms with van der Waals surface area (Å²) in [6.07, 6.45) is -0.430. The first kappa shape index (κ1) is 13.6. The first-order chi connectivity index (χ1) is 9.00. The molecule has 0 amide bonds. The number of benzene rings is 2. The van der Waals surface area contributed by atoms with Crippen LogP contribution in [0.1, 0.15) is 15.9 Å². The van der Waals surface area contributed by atoms with Crippen molar-refractivity contribution < 1.29 is 18.0 Å². The summed E-state index contributed by atoms with van der Waals surface area (Å²) in [5.41, 5.74) is -0.361. The van der Waals surface area contributed by atoms with Gasteiger partial charge in [0.15, 0.2) is 23.2 Å². The molecule has 1 nitrogen and oxygen atoms in total. The van der Waals surface area contributed by atoms with Crippen LogP contribution in [-0.4, -0.2) is 5.78 Å². The minimum absolute atomic E-state index is 0.121. The molecule has 0 heterocycles. The molecule has 0 bridgehead atoms. The van der Waals surface area contributed by atoms with Gasteiger partial charge in [-0.2, -0.15) is 0 Å². The van der Waals surface area contributed by atoms with Gasteiger partial charge < -0.3 is 0 Å². The third kappa shape index (κ3) is 2.79. The summed E-state index contributed by atoms with van der Waals surface area (Å²) in [7, 11) is 0. The monoisotopic (exact) mass is 284 g/mol. The van der Waals surface area contributed by atoms with Crippen molar-refractivity contribution in [3.05, 3.63) is 70.0 Å². The Bertz CT molecular complexity index is 641. The number of ketones is 1. The Hall–Kier alpha value is -1.81. The first-order valence-electron chi connectivity index (χ1n) is 5.41. The summed E-state index contributed by atoms with van der Waals surface area (Å²) >= 11 is 5.56. The number of hydrogen-bond donors (Lipinski definition) is 0. The van der Waals surface area contributed by atoms with Gasteiger partial charge in [0.25, 0.3) is 0 Å². The van der Waals surface area contributed by atoms with Gasteiger partial charge in [-0.25, -0.2) is 13.2 Å². The van der Waals surface area contributed by atoms with Crippen molar-refractivity contribution in [1.82, 2.24) is 0 Å². The normalized spacial score (nSPS) is 10.5. The molecule has 0 atom stereocenters. The van der Waals surface area contributed by atoms with E-state index in [1.54, 1.807) is 0 Å². The highest BCUT2D eigenvalue weighted by molar-refractivity contribution is 6.31. The van der Waals surface area contributed by atoms with Crippen LogP contribution in [0.5, 0.6) is 0 Å². The van der Waals surface area contributed by atoms with Crippen molar-refractivity contribution in [1.29, 1.82) is 0 Å². The average Bonchev–Trinajstić information content (AvgIpc) is 2.38. The van der Waals surface area contributed by atoms with E-state index < -0.39 is 29.7 Å². The summed E-state index contributed by atoms with van der Waals surface area (Å²) in [5.74, 6) is -3.66. The first-order valence-corrected chi connectivity index (χ1v) is 5.78. The van der Waals surface area contributed by atoms with Gasteiger partial charge in [0.2, 0.25) is 0 Å². The lowest BCUT2D eigenvalue weighted by Gasteiger charge is -2.05. The molecule has 0 radical (unpaired) electrons. The minimum Gasteiger partial charge on any atom is -0.294 e. The molecule has 5 heteroatoms. The Balaban J connectivity index is 2.31. The van der Waals surface area contributed by atoms with Crippen LogP contribution in [0.4, 0.5) is 13.2 Å². The predicted octanol–water partition coefficient (Wildman–Crippen LogP) is 4.18. The van der Waals surface area contributed by atoms with E-state index >= 15 is 0 Å². The third-order valence-corrected chi connectivity index (χ3v) is 2.93. The summed E-state index contributed by atoms with van der Waals surface area (Å²) < 4.78 is 40.0. The van der Waals surface area contributed by atoms with Crippen LogP contribution < -0.4 is 0 Å². The summed E-state index contributed by atoms with van der Waals surface area (Å²) in [5, 5.41) is -0.189. The van der Waals surface area contributed by atoms with E-state index in [4.69, 9.17) is 11.6 Å². The maximum atomic E-state index is 13.6. The zero-order chi connectivity index (χ0) is 14.0. The fourth-order valence-electron chi connectivity index (χ4n) is 1.67. The topological polar surface area (TPSA) is 17.1 Å². The van der Waals surface area contributed by atoms with Crippen LogP contribution in [0, 0.1) is 17.5 Å². The van der Waals surface area contributed by atoms with Gasteiger partial charge >= 0.3 is 0 Å². The second-order valence-corrected chi connectivity index (χ2v) is 4.32. The van der Waals surface area contributed by atoms with Gasteiger partial charge in [-0.1, -0.05) is 29.8 Å². The third-order valence-electron chi connectivity index (χ3n) is 2.63. The number of halogens is 4. The molecule has 19 heavy (non-hydrogen) atoms. The lowest BCUT2D eigenvalue weighted by Crippen LogP contribution is -2.08. The maximum absolute atomic E-state index is 13.6. The van der Waals surface area contributed by atoms with Crippen molar-refractivity contribution in [2.24, 2.45) is 0 Å². The summed E-state index contributed by atoms with van der Waals surface area (Å²) in [6.45, 7) is 0. The molecule has 98 valence electrons. The van der Waals surface area contributed by atoms with Gasteiger partial charge in [-0.3, -0.25) is 4.79 Å². The van der Waals surface area contributed by atoms with Crippen molar-refractivity contribution in [2.75, 3.05) is 0 Å². The Kier molecular flexibility index (Phi) is 3.90. The molecule has 0 spiro atoms. The predicted molar refractivity (Wildman–Crippen MR) is 65.8 cm³/mol. The molecular formula is C14H8ClF3O. The van der Waals surface area contributed by atoms with Crippen LogP contribution in [-0.2, 0) is 6.42 Å². The Morgan fingerprint density at radius 1 is 1.00 bits per heavy atom. The molecular weight excluding hydrogens is 277 g/mol. The molecule has 0 N–H and O–H groups in total. The van der Waals surface area contributed by atoms with E-state index in [2.05, 4.69) is 0 Å². The van der Waals surface area contributed by atoms with Gasteiger partial charge in [-0.05, 0) is 23.8 Å². The van der Waals surface area contributed by atoms with Crippen LogP contribution in [0.3, 0.4) is 0 Å². The fourth-order valence-corrected chi connectivity index (χ4v) is 1.85. The highest BCUT2D eigenvalue weighted by Gasteiger charge is 2.17. The smallest absolute Gasteiger partial charge is 0.170 e. The van der Waals surface area contributed by atoms with E-state index in [9.17, 15) is 18.0 Å². The van der Waals surface area contributed by atoms with E-state index in [1.807, 2.05) is 0 Å². The SMILES string of the molecule is O=C(Cc1cccc(F)c1F)c1cccc(Cl)c1F. The van der Waals surface area contributed by atoms with Gasteiger partial charge in [0.05, 0.1) is 10.6 Å². The molecule has 2 aromatic rings. The zero-order valence-electron chi connectivity index (χ0n) is 9.59. The quantitative estimate of drug-likeness (QED) is 0.773. The second-order valence-electron chi connectivity index (χ2n) is 3.91. The molecule has 0 fully saturated rings. The van der Waals surface area contributed by atoms with E-state index in [-0.39, 0.29) is 16.1 Å². The number of hydrogen-bond acceptors (Lipinski definition) is 1. The molecule has 2 aromatic carbocycles. The number of carbonyl (C=O) groups is 1. The van der Waals surface area contributed by atoms with Crippen molar-refractivity contribution in [2.45, 2.75) is 6.42 Å². The molecule has 0 aliphatic heterocycles. The molecule has 0 aliphatic carbocycles. The summed E-state index contributed by atoms with van der Waals surface area (Å²) in [4.78, 5) is 11.9. The Labute approximate surface area is 112 Å². The number of carbonyl (C=O) groups excluding carboxylic acids is 1. The zero-order valence-corrected chi connectivity index (χ0v) is 10.3. The van der Waals surface area contributed by atoms with Crippen LogP contribution in [0.2, 0.25) is 5.02 Å². The Morgan fingerprint density at radius 2 is 1.68 bits per heavy atom. The van der Waals surface area contributed by atoms with E-state index in [0.29, 0.717) is 0 Å². The maximum Gasteiger partial charge on any atom is 0.170 e. The molecule has 0 saturated heterocycles. The van der Waals surface area contributed by atoms with Crippen LogP contribution >= 0.6 is 11.6 Å². The largest absolute Gasteiger partial charge is 0.294 e. The fraction of sp³-hybridized carbons (Fsp3) is 0.0714. The number of Topliss-reactive ketones (excluding diaryl/α,β-unsaturated/α-hetero) is 1. The highest BCUT2D eigenvalue weighted by atomic mass is 35.5. The van der Waals surface area contributed by atoms with E-state index in [1.165, 1.54) is 30.3 Å². The van der Waals surface area contributed by atoms with E-state index in [0.717, 1.165) is 6.07 Å². The standard InChI is InChI=1S/C14H8ClF3O/c15-10-5-2-4-9(14(10)18)12(19)7-8-3-1-6-11(16)13(8)17/h1-6H,7H2. The molecule has 0 aromatic heterocycles. The van der Waals surface area contributed by atoms with Gasteiger partial charge in [-0.15, -0.1) is 0 Å². The summed E-state index contributed by atoms with van der Waals surface area (Å²) in [6, 6.07) is 7.48.